The Hall–Kier alpha value is -3.72. The number of benzene rings is 2. The van der Waals surface area contributed by atoms with Gasteiger partial charge in [-0.3, -0.25) is 4.79 Å². The van der Waals surface area contributed by atoms with Crippen molar-refractivity contribution in [3.63, 3.8) is 0 Å². The second-order valence-electron chi connectivity index (χ2n) is 7.11. The van der Waals surface area contributed by atoms with Gasteiger partial charge in [0.15, 0.2) is 18.1 Å². The summed E-state index contributed by atoms with van der Waals surface area (Å²) in [7, 11) is 0. The molecular weight excluding hydrogens is 433 g/mol. The van der Waals surface area contributed by atoms with Crippen LogP contribution in [0.15, 0.2) is 60.2 Å². The standard InChI is InChI=1S/C23H18FN3O4S/c24-15-7-5-14(6-8-15)17-12-32-23-21(17)22(26-13-27-23)30-11-20(28)25-9-16-10-29-18-3-1-2-4-19(18)31-16/h1-8,12-13,16H,9-11H2,(H,25,28). The molecule has 9 heteroatoms. The molecule has 3 heterocycles. The van der Waals surface area contributed by atoms with Crippen LogP contribution in [0.3, 0.4) is 0 Å². The van der Waals surface area contributed by atoms with Gasteiger partial charge in [-0.15, -0.1) is 11.3 Å². The van der Waals surface area contributed by atoms with E-state index in [1.165, 1.54) is 29.8 Å². The Labute approximate surface area is 186 Å². The molecule has 0 spiro atoms. The Kier molecular flexibility index (Phi) is 5.55. The summed E-state index contributed by atoms with van der Waals surface area (Å²) >= 11 is 1.43. The molecule has 1 aliphatic rings. The fourth-order valence-electron chi connectivity index (χ4n) is 3.38. The van der Waals surface area contributed by atoms with E-state index in [0.717, 1.165) is 16.0 Å². The molecule has 4 aromatic rings. The van der Waals surface area contributed by atoms with Gasteiger partial charge in [0.05, 0.1) is 11.9 Å². The SMILES string of the molecule is O=C(COc1ncnc2scc(-c3ccc(F)cc3)c12)NCC1COc2ccccc2O1. The van der Waals surface area contributed by atoms with Crippen LogP contribution in [0.2, 0.25) is 0 Å². The van der Waals surface area contributed by atoms with E-state index in [2.05, 4.69) is 15.3 Å². The van der Waals surface area contributed by atoms with E-state index in [1.54, 1.807) is 12.1 Å². The van der Waals surface area contributed by atoms with Crippen molar-refractivity contribution < 1.29 is 23.4 Å². The number of carbonyl (C=O) groups excluding carboxylic acids is 1. The van der Waals surface area contributed by atoms with Crippen LogP contribution in [0.4, 0.5) is 4.39 Å². The Morgan fingerprint density at radius 3 is 2.81 bits per heavy atom. The minimum absolute atomic E-state index is 0.213. The molecule has 0 bridgehead atoms. The Balaban J connectivity index is 1.23. The predicted molar refractivity (Wildman–Crippen MR) is 118 cm³/mol. The van der Waals surface area contributed by atoms with Crippen molar-refractivity contribution in [2.45, 2.75) is 6.10 Å². The van der Waals surface area contributed by atoms with E-state index in [1.807, 2.05) is 29.6 Å². The summed E-state index contributed by atoms with van der Waals surface area (Å²) in [6.45, 7) is 0.421. The van der Waals surface area contributed by atoms with Crippen molar-refractivity contribution in [2.75, 3.05) is 19.8 Å². The van der Waals surface area contributed by atoms with Gasteiger partial charge < -0.3 is 19.5 Å². The quantitative estimate of drug-likeness (QED) is 0.480. The van der Waals surface area contributed by atoms with Gasteiger partial charge in [-0.1, -0.05) is 24.3 Å². The van der Waals surface area contributed by atoms with E-state index in [9.17, 15) is 9.18 Å². The number of carbonyl (C=O) groups is 1. The molecule has 1 unspecified atom stereocenters. The summed E-state index contributed by atoms with van der Waals surface area (Å²) in [5, 5.41) is 5.40. The van der Waals surface area contributed by atoms with Gasteiger partial charge in [-0.05, 0) is 29.8 Å². The highest BCUT2D eigenvalue weighted by Gasteiger charge is 2.21. The van der Waals surface area contributed by atoms with Gasteiger partial charge >= 0.3 is 0 Å². The largest absolute Gasteiger partial charge is 0.486 e. The molecule has 1 atom stereocenters. The second kappa shape index (κ2) is 8.80. The zero-order chi connectivity index (χ0) is 21.9. The fraction of sp³-hybridized carbons (Fsp3) is 0.174. The van der Waals surface area contributed by atoms with Gasteiger partial charge in [0.2, 0.25) is 5.88 Å². The van der Waals surface area contributed by atoms with Crippen molar-refractivity contribution in [1.82, 2.24) is 15.3 Å². The van der Waals surface area contributed by atoms with Crippen LogP contribution in [0.25, 0.3) is 21.3 Å². The first-order valence-electron chi connectivity index (χ1n) is 9.93. The summed E-state index contributed by atoms with van der Waals surface area (Å²) in [6, 6.07) is 13.6. The lowest BCUT2D eigenvalue weighted by atomic mass is 10.1. The topological polar surface area (TPSA) is 82.6 Å². The molecule has 2 aromatic heterocycles. The summed E-state index contributed by atoms with van der Waals surface area (Å²) < 4.78 is 30.5. The number of nitrogens with one attached hydrogen (secondary N) is 1. The van der Waals surface area contributed by atoms with Gasteiger partial charge in [-0.2, -0.15) is 0 Å². The lowest BCUT2D eigenvalue weighted by Crippen LogP contribution is -2.42. The van der Waals surface area contributed by atoms with Crippen LogP contribution < -0.4 is 19.5 Å². The number of fused-ring (bicyclic) bond motifs is 2. The lowest BCUT2D eigenvalue weighted by Gasteiger charge is -2.26. The number of hydrogen-bond acceptors (Lipinski definition) is 7. The fourth-order valence-corrected chi connectivity index (χ4v) is 4.28. The first-order valence-corrected chi connectivity index (χ1v) is 10.8. The summed E-state index contributed by atoms with van der Waals surface area (Å²) in [5.41, 5.74) is 1.64. The molecular formula is C23H18FN3O4S. The number of thiophene rings is 1. The molecule has 7 nitrogen and oxygen atoms in total. The van der Waals surface area contributed by atoms with Crippen molar-refractivity contribution >= 4 is 27.5 Å². The van der Waals surface area contributed by atoms with E-state index in [-0.39, 0.29) is 31.0 Å². The Morgan fingerprint density at radius 2 is 1.97 bits per heavy atom. The predicted octanol–water partition coefficient (Wildman–Crippen LogP) is 3.83. The molecule has 1 aliphatic heterocycles. The van der Waals surface area contributed by atoms with Crippen LogP contribution in [-0.2, 0) is 4.79 Å². The number of ether oxygens (including phenoxy) is 3. The van der Waals surface area contributed by atoms with Crippen LogP contribution in [-0.4, -0.2) is 41.7 Å². The highest BCUT2D eigenvalue weighted by Crippen LogP contribution is 2.37. The van der Waals surface area contributed by atoms with Crippen molar-refractivity contribution in [3.8, 4) is 28.5 Å². The normalized spacial score (nSPS) is 14.8. The van der Waals surface area contributed by atoms with Gasteiger partial charge in [0.25, 0.3) is 5.91 Å². The molecule has 0 fully saturated rings. The Bertz CT molecular complexity index is 1260. The number of rotatable bonds is 6. The molecule has 1 N–H and O–H groups in total. The van der Waals surface area contributed by atoms with Crippen molar-refractivity contribution in [2.24, 2.45) is 0 Å². The van der Waals surface area contributed by atoms with E-state index >= 15 is 0 Å². The van der Waals surface area contributed by atoms with E-state index in [4.69, 9.17) is 14.2 Å². The number of aromatic nitrogens is 2. The highest BCUT2D eigenvalue weighted by atomic mass is 32.1. The first-order chi connectivity index (χ1) is 15.7. The maximum absolute atomic E-state index is 13.3. The number of amides is 1. The third kappa shape index (κ3) is 4.19. The monoisotopic (exact) mass is 451 g/mol. The number of para-hydroxylation sites is 2. The van der Waals surface area contributed by atoms with E-state index in [0.29, 0.717) is 29.4 Å². The average molecular weight is 451 g/mol. The smallest absolute Gasteiger partial charge is 0.258 e. The van der Waals surface area contributed by atoms with E-state index < -0.39 is 0 Å². The van der Waals surface area contributed by atoms with Gasteiger partial charge in [0, 0.05) is 10.9 Å². The van der Waals surface area contributed by atoms with Crippen LogP contribution in [0, 0.1) is 5.82 Å². The number of nitrogens with zero attached hydrogens (tertiary/aromatic N) is 2. The molecule has 2 aromatic carbocycles. The third-order valence-corrected chi connectivity index (χ3v) is 5.81. The van der Waals surface area contributed by atoms with Gasteiger partial charge in [0.1, 0.15) is 29.7 Å². The molecule has 32 heavy (non-hydrogen) atoms. The summed E-state index contributed by atoms with van der Waals surface area (Å²) in [5.74, 6) is 1.03. The maximum atomic E-state index is 13.3. The van der Waals surface area contributed by atoms with Crippen molar-refractivity contribution in [1.29, 1.82) is 0 Å². The van der Waals surface area contributed by atoms with Crippen molar-refractivity contribution in [3.05, 3.63) is 66.1 Å². The van der Waals surface area contributed by atoms with Crippen LogP contribution >= 0.6 is 11.3 Å². The minimum Gasteiger partial charge on any atom is -0.486 e. The molecule has 0 saturated carbocycles. The molecule has 5 rings (SSSR count). The number of hydrogen-bond donors (Lipinski definition) is 1. The average Bonchev–Trinajstić information content (AvgIpc) is 3.26. The van der Waals surface area contributed by atoms with Gasteiger partial charge in [-0.25, -0.2) is 14.4 Å². The highest BCUT2D eigenvalue weighted by molar-refractivity contribution is 7.17. The minimum atomic E-state index is -0.312. The third-order valence-electron chi connectivity index (χ3n) is 4.93. The summed E-state index contributed by atoms with van der Waals surface area (Å²) in [4.78, 5) is 21.6. The molecule has 0 saturated heterocycles. The Morgan fingerprint density at radius 1 is 1.16 bits per heavy atom. The number of halogens is 1. The lowest BCUT2D eigenvalue weighted by molar-refractivity contribution is -0.123. The maximum Gasteiger partial charge on any atom is 0.258 e. The zero-order valence-electron chi connectivity index (χ0n) is 16.8. The molecule has 0 aliphatic carbocycles. The molecule has 162 valence electrons. The second-order valence-corrected chi connectivity index (χ2v) is 7.96. The zero-order valence-corrected chi connectivity index (χ0v) is 17.6. The summed E-state index contributed by atoms with van der Waals surface area (Å²) in [6.07, 6.45) is 1.10. The van der Waals surface area contributed by atoms with Crippen LogP contribution in [0.1, 0.15) is 0 Å². The first kappa shape index (κ1) is 20.2. The molecule has 0 radical (unpaired) electrons. The van der Waals surface area contributed by atoms with Crippen LogP contribution in [0.5, 0.6) is 17.4 Å². The molecule has 1 amide bonds.